The molecule has 2 saturated carbocycles. The van der Waals surface area contributed by atoms with Gasteiger partial charge in [0, 0.05) is 19.2 Å². The van der Waals surface area contributed by atoms with Crippen molar-refractivity contribution in [3.63, 3.8) is 0 Å². The largest absolute Gasteiger partial charge is 0.392 e. The molecule has 3 nitrogen and oxygen atoms in total. The molecule has 2 aliphatic rings. The molecule has 0 aromatic carbocycles. The van der Waals surface area contributed by atoms with E-state index in [-0.39, 0.29) is 6.10 Å². The van der Waals surface area contributed by atoms with Crippen molar-refractivity contribution in [2.45, 2.75) is 38.7 Å². The molecule has 3 unspecified atom stereocenters. The maximum absolute atomic E-state index is 10.2. The number of rotatable bonds is 3. The molecule has 0 bridgehead atoms. The van der Waals surface area contributed by atoms with Gasteiger partial charge in [-0.1, -0.05) is 0 Å². The van der Waals surface area contributed by atoms with E-state index in [0.29, 0.717) is 5.92 Å². The summed E-state index contributed by atoms with van der Waals surface area (Å²) >= 11 is 0. The third kappa shape index (κ3) is 1.77. The maximum Gasteiger partial charge on any atom is 0.0623 e. The number of aromatic nitrogens is 2. The van der Waals surface area contributed by atoms with E-state index in [2.05, 4.69) is 11.2 Å². The summed E-state index contributed by atoms with van der Waals surface area (Å²) in [6, 6.07) is 2.08. The molecule has 0 aliphatic heterocycles. The van der Waals surface area contributed by atoms with Crippen molar-refractivity contribution in [3.05, 3.63) is 17.5 Å². The number of aliphatic hydroxyl groups excluding tert-OH is 1. The first-order valence-electron chi connectivity index (χ1n) is 6.31. The molecule has 16 heavy (non-hydrogen) atoms. The summed E-state index contributed by atoms with van der Waals surface area (Å²) in [4.78, 5) is 0. The van der Waals surface area contributed by atoms with Crippen LogP contribution in [0.2, 0.25) is 0 Å². The predicted octanol–water partition coefficient (Wildman–Crippen LogP) is 1.68. The molecular weight excluding hydrogens is 200 g/mol. The summed E-state index contributed by atoms with van der Waals surface area (Å²) in [5, 5.41) is 14.6. The smallest absolute Gasteiger partial charge is 0.0623 e. The Hall–Kier alpha value is -0.830. The molecule has 0 spiro atoms. The fourth-order valence-electron chi connectivity index (χ4n) is 3.31. The summed E-state index contributed by atoms with van der Waals surface area (Å²) in [6.07, 6.45) is 4.53. The third-order valence-corrected chi connectivity index (χ3v) is 4.34. The molecule has 3 heteroatoms. The van der Waals surface area contributed by atoms with Crippen LogP contribution in [0, 0.1) is 24.7 Å². The second kappa shape index (κ2) is 3.59. The van der Waals surface area contributed by atoms with E-state index in [4.69, 9.17) is 0 Å². The Balaban J connectivity index is 1.63. The van der Waals surface area contributed by atoms with E-state index < -0.39 is 0 Å². The van der Waals surface area contributed by atoms with Gasteiger partial charge in [-0.3, -0.25) is 4.68 Å². The number of hydrogen-bond acceptors (Lipinski definition) is 2. The van der Waals surface area contributed by atoms with Crippen molar-refractivity contribution in [2.75, 3.05) is 0 Å². The number of hydrogen-bond donors (Lipinski definition) is 1. The SMILES string of the molecule is Cc1cc(CC(O)C2CC3CC3C2)n(C)n1. The highest BCUT2D eigenvalue weighted by Gasteiger charge is 2.47. The second-order valence-corrected chi connectivity index (χ2v) is 5.66. The van der Waals surface area contributed by atoms with Gasteiger partial charge in [0.15, 0.2) is 0 Å². The van der Waals surface area contributed by atoms with Crippen molar-refractivity contribution in [1.82, 2.24) is 9.78 Å². The molecule has 3 atom stereocenters. The summed E-state index contributed by atoms with van der Waals surface area (Å²) in [7, 11) is 1.96. The Kier molecular flexibility index (Phi) is 2.32. The number of aryl methyl sites for hydroxylation is 2. The highest BCUT2D eigenvalue weighted by atomic mass is 16.3. The van der Waals surface area contributed by atoms with E-state index in [1.54, 1.807) is 0 Å². The first-order chi connectivity index (χ1) is 7.63. The van der Waals surface area contributed by atoms with Gasteiger partial charge in [-0.25, -0.2) is 0 Å². The van der Waals surface area contributed by atoms with Crippen LogP contribution in [0.5, 0.6) is 0 Å². The van der Waals surface area contributed by atoms with Crippen molar-refractivity contribution < 1.29 is 5.11 Å². The lowest BCUT2D eigenvalue weighted by Gasteiger charge is -2.19. The van der Waals surface area contributed by atoms with Crippen LogP contribution < -0.4 is 0 Å². The average Bonchev–Trinajstić information content (AvgIpc) is 2.70. The quantitative estimate of drug-likeness (QED) is 0.841. The molecule has 0 amide bonds. The topological polar surface area (TPSA) is 38.0 Å². The van der Waals surface area contributed by atoms with E-state index >= 15 is 0 Å². The van der Waals surface area contributed by atoms with Crippen molar-refractivity contribution in [1.29, 1.82) is 0 Å². The zero-order valence-corrected chi connectivity index (χ0v) is 10.1. The van der Waals surface area contributed by atoms with E-state index in [1.165, 1.54) is 19.3 Å². The second-order valence-electron chi connectivity index (χ2n) is 5.66. The highest BCUT2D eigenvalue weighted by molar-refractivity contribution is 5.10. The number of nitrogens with zero attached hydrogens (tertiary/aromatic N) is 2. The van der Waals surface area contributed by atoms with Gasteiger partial charge in [0.25, 0.3) is 0 Å². The lowest BCUT2D eigenvalue weighted by atomic mass is 9.93. The van der Waals surface area contributed by atoms with Gasteiger partial charge in [-0.2, -0.15) is 5.10 Å². The fourth-order valence-corrected chi connectivity index (χ4v) is 3.31. The maximum atomic E-state index is 10.2. The molecule has 0 saturated heterocycles. The number of aliphatic hydroxyl groups is 1. The Morgan fingerprint density at radius 3 is 2.69 bits per heavy atom. The first kappa shape index (κ1) is 10.3. The lowest BCUT2D eigenvalue weighted by molar-refractivity contribution is 0.102. The standard InChI is InChI=1S/C13H20N2O/c1-8-3-12(15(2)14-8)7-13(16)11-5-9-4-10(9)6-11/h3,9-11,13,16H,4-7H2,1-2H3. The number of fused-ring (bicyclic) bond motifs is 1. The van der Waals surface area contributed by atoms with E-state index in [1.807, 2.05) is 18.7 Å². The van der Waals surface area contributed by atoms with Crippen LogP contribution in [0.15, 0.2) is 6.07 Å². The van der Waals surface area contributed by atoms with E-state index in [0.717, 1.165) is 29.6 Å². The van der Waals surface area contributed by atoms with Gasteiger partial charge < -0.3 is 5.11 Å². The van der Waals surface area contributed by atoms with Crippen LogP contribution in [-0.2, 0) is 13.5 Å². The first-order valence-corrected chi connectivity index (χ1v) is 6.31. The van der Waals surface area contributed by atoms with Crippen LogP contribution in [0.1, 0.15) is 30.7 Å². The predicted molar refractivity (Wildman–Crippen MR) is 62.0 cm³/mol. The molecule has 0 radical (unpaired) electrons. The van der Waals surface area contributed by atoms with Crippen molar-refractivity contribution >= 4 is 0 Å². The minimum absolute atomic E-state index is 0.164. The average molecular weight is 220 g/mol. The molecule has 1 N–H and O–H groups in total. The monoisotopic (exact) mass is 220 g/mol. The minimum Gasteiger partial charge on any atom is -0.392 e. The zero-order valence-electron chi connectivity index (χ0n) is 10.1. The third-order valence-electron chi connectivity index (χ3n) is 4.34. The van der Waals surface area contributed by atoms with Gasteiger partial charge in [0.1, 0.15) is 0 Å². The van der Waals surface area contributed by atoms with Crippen LogP contribution >= 0.6 is 0 Å². The molecule has 1 heterocycles. The van der Waals surface area contributed by atoms with E-state index in [9.17, 15) is 5.11 Å². The Labute approximate surface area is 96.5 Å². The molecular formula is C13H20N2O. The molecule has 2 aliphatic carbocycles. The van der Waals surface area contributed by atoms with Gasteiger partial charge in [0.2, 0.25) is 0 Å². The van der Waals surface area contributed by atoms with Crippen LogP contribution in [0.4, 0.5) is 0 Å². The van der Waals surface area contributed by atoms with Crippen molar-refractivity contribution in [2.24, 2.45) is 24.8 Å². The van der Waals surface area contributed by atoms with Crippen LogP contribution in [0.25, 0.3) is 0 Å². The van der Waals surface area contributed by atoms with Crippen LogP contribution in [-0.4, -0.2) is 21.0 Å². The molecule has 88 valence electrons. The molecule has 1 aromatic heterocycles. The Morgan fingerprint density at radius 1 is 1.44 bits per heavy atom. The zero-order chi connectivity index (χ0) is 11.3. The summed E-state index contributed by atoms with van der Waals surface area (Å²) in [6.45, 7) is 2.00. The Bertz CT molecular complexity index is 389. The Morgan fingerprint density at radius 2 is 2.12 bits per heavy atom. The normalized spacial score (nSPS) is 33.8. The summed E-state index contributed by atoms with van der Waals surface area (Å²) < 4.78 is 1.90. The van der Waals surface area contributed by atoms with Gasteiger partial charge >= 0.3 is 0 Å². The lowest BCUT2D eigenvalue weighted by Crippen LogP contribution is -2.22. The molecule has 1 aromatic rings. The molecule has 2 fully saturated rings. The van der Waals surface area contributed by atoms with Crippen LogP contribution in [0.3, 0.4) is 0 Å². The van der Waals surface area contributed by atoms with Gasteiger partial charge in [0.05, 0.1) is 11.8 Å². The minimum atomic E-state index is -0.164. The van der Waals surface area contributed by atoms with Gasteiger partial charge in [-0.15, -0.1) is 0 Å². The van der Waals surface area contributed by atoms with Gasteiger partial charge in [-0.05, 0) is 50.0 Å². The van der Waals surface area contributed by atoms with Crippen molar-refractivity contribution in [3.8, 4) is 0 Å². The molecule has 3 rings (SSSR count). The fraction of sp³-hybridized carbons (Fsp3) is 0.769. The highest BCUT2D eigenvalue weighted by Crippen LogP contribution is 2.55. The summed E-state index contributed by atoms with van der Waals surface area (Å²) in [5.41, 5.74) is 2.20. The summed E-state index contributed by atoms with van der Waals surface area (Å²) in [5.74, 6) is 2.44.